The van der Waals surface area contributed by atoms with E-state index in [9.17, 15) is 4.79 Å². The number of rotatable bonds is 6. The van der Waals surface area contributed by atoms with Crippen molar-refractivity contribution in [1.82, 2.24) is 14.5 Å². The first kappa shape index (κ1) is 19.7. The number of carbonyl (C=O) groups excluding carboxylic acids is 1. The highest BCUT2D eigenvalue weighted by Gasteiger charge is 2.23. The van der Waals surface area contributed by atoms with Crippen molar-refractivity contribution in [2.75, 3.05) is 11.4 Å². The summed E-state index contributed by atoms with van der Waals surface area (Å²) < 4.78 is 2.98. The zero-order chi connectivity index (χ0) is 21.2. The molecule has 0 fully saturated rings. The second-order valence-corrected chi connectivity index (χ2v) is 8.64. The van der Waals surface area contributed by atoms with Crippen molar-refractivity contribution >= 4 is 55.0 Å². The second-order valence-electron chi connectivity index (χ2n) is 7.22. The minimum absolute atomic E-state index is 0.0578. The quantitative estimate of drug-likeness (QED) is 0.319. The first-order valence-corrected chi connectivity index (χ1v) is 11.2. The molecule has 5 aromatic rings. The first-order chi connectivity index (χ1) is 15.2. The molecule has 3 aromatic carbocycles. The van der Waals surface area contributed by atoms with Gasteiger partial charge in [0.05, 0.1) is 16.0 Å². The zero-order valence-corrected chi connectivity index (χ0v) is 18.2. The number of benzene rings is 3. The van der Waals surface area contributed by atoms with E-state index in [1.165, 1.54) is 11.3 Å². The molecule has 31 heavy (non-hydrogen) atoms. The monoisotopic (exact) mass is 446 g/mol. The Labute approximate surface area is 188 Å². The summed E-state index contributed by atoms with van der Waals surface area (Å²) in [7, 11) is 0. The van der Waals surface area contributed by atoms with Crippen LogP contribution in [0.15, 0.2) is 79.4 Å². The number of carbonyl (C=O) groups is 1. The summed E-state index contributed by atoms with van der Waals surface area (Å²) in [5.74, 6) is -0.0578. The van der Waals surface area contributed by atoms with Crippen molar-refractivity contribution in [2.24, 2.45) is 0 Å². The average Bonchev–Trinajstić information content (AvgIpc) is 3.46. The average molecular weight is 447 g/mol. The molecular formula is C24H19ClN4OS. The molecule has 0 atom stereocenters. The number of anilines is 1. The number of hydrogen-bond donors (Lipinski definition) is 0. The van der Waals surface area contributed by atoms with E-state index in [1.807, 2.05) is 71.4 Å². The number of aromatic nitrogens is 3. The van der Waals surface area contributed by atoms with Gasteiger partial charge in [-0.05, 0) is 35.4 Å². The van der Waals surface area contributed by atoms with E-state index >= 15 is 0 Å². The minimum Gasteiger partial charge on any atom is -0.337 e. The van der Waals surface area contributed by atoms with Gasteiger partial charge in [0.2, 0.25) is 0 Å². The summed E-state index contributed by atoms with van der Waals surface area (Å²) >= 11 is 7.84. The van der Waals surface area contributed by atoms with Crippen LogP contribution in [0.2, 0.25) is 5.02 Å². The molecule has 0 aliphatic heterocycles. The Balaban J connectivity index is 1.53. The molecule has 0 radical (unpaired) electrons. The Kier molecular flexibility index (Phi) is 5.40. The molecule has 2 heterocycles. The van der Waals surface area contributed by atoms with Crippen LogP contribution in [0, 0.1) is 0 Å². The van der Waals surface area contributed by atoms with Crippen molar-refractivity contribution in [3.63, 3.8) is 0 Å². The van der Waals surface area contributed by atoms with Gasteiger partial charge in [-0.15, -0.1) is 0 Å². The topological polar surface area (TPSA) is 51.0 Å². The summed E-state index contributed by atoms with van der Waals surface area (Å²) in [5.41, 5.74) is 1.40. The Morgan fingerprint density at radius 1 is 1.06 bits per heavy atom. The highest BCUT2D eigenvalue weighted by atomic mass is 35.5. The third kappa shape index (κ3) is 3.92. The van der Waals surface area contributed by atoms with Crippen molar-refractivity contribution in [2.45, 2.75) is 13.0 Å². The van der Waals surface area contributed by atoms with Crippen LogP contribution in [0.3, 0.4) is 0 Å². The van der Waals surface area contributed by atoms with Crippen LogP contribution in [-0.2, 0) is 6.54 Å². The number of para-hydroxylation sites is 1. The van der Waals surface area contributed by atoms with Gasteiger partial charge in [-0.3, -0.25) is 9.69 Å². The van der Waals surface area contributed by atoms with Gasteiger partial charge in [-0.1, -0.05) is 65.4 Å². The van der Waals surface area contributed by atoms with Gasteiger partial charge in [0.1, 0.15) is 5.52 Å². The van der Waals surface area contributed by atoms with E-state index in [2.05, 4.69) is 4.98 Å². The maximum atomic E-state index is 13.8. The lowest BCUT2D eigenvalue weighted by molar-refractivity contribution is 0.0988. The van der Waals surface area contributed by atoms with E-state index in [0.717, 1.165) is 34.0 Å². The Hall–Kier alpha value is -3.22. The van der Waals surface area contributed by atoms with Crippen LogP contribution in [0.5, 0.6) is 0 Å². The number of thiazole rings is 1. The molecule has 0 bridgehead atoms. The molecule has 7 heteroatoms. The highest BCUT2D eigenvalue weighted by molar-refractivity contribution is 7.22. The summed E-state index contributed by atoms with van der Waals surface area (Å²) in [5, 5.41) is 3.23. The molecule has 0 aliphatic rings. The van der Waals surface area contributed by atoms with Gasteiger partial charge >= 0.3 is 0 Å². The molecule has 0 spiro atoms. The largest absolute Gasteiger partial charge is 0.337 e. The molecule has 0 unspecified atom stereocenters. The molecule has 2 aromatic heterocycles. The molecular weight excluding hydrogens is 428 g/mol. The molecule has 0 N–H and O–H groups in total. The molecule has 0 saturated heterocycles. The summed E-state index contributed by atoms with van der Waals surface area (Å²) in [4.78, 5) is 24.3. The molecule has 0 aliphatic carbocycles. The molecule has 154 valence electrons. The van der Waals surface area contributed by atoms with Gasteiger partial charge in [-0.2, -0.15) is 0 Å². The Morgan fingerprint density at radius 3 is 2.74 bits per heavy atom. The fourth-order valence-electron chi connectivity index (χ4n) is 3.69. The lowest BCUT2D eigenvalue weighted by Crippen LogP contribution is -2.32. The molecule has 5 rings (SSSR count). The second kappa shape index (κ2) is 8.49. The normalized spacial score (nSPS) is 11.3. The Bertz CT molecular complexity index is 1360. The van der Waals surface area contributed by atoms with Gasteiger partial charge in [0.25, 0.3) is 5.91 Å². The SMILES string of the molecule is O=C(c1cccc2ccccc12)N(CCCn1ccnc1)c1nc2c(Cl)cccc2s1. The maximum absolute atomic E-state index is 13.8. The van der Waals surface area contributed by atoms with Crippen LogP contribution >= 0.6 is 22.9 Å². The van der Waals surface area contributed by atoms with Crippen molar-refractivity contribution in [3.05, 3.63) is 90.0 Å². The number of aryl methyl sites for hydroxylation is 1. The maximum Gasteiger partial charge on any atom is 0.260 e. The van der Waals surface area contributed by atoms with Crippen LogP contribution in [0.25, 0.3) is 21.0 Å². The number of amides is 1. The van der Waals surface area contributed by atoms with E-state index in [0.29, 0.717) is 22.3 Å². The van der Waals surface area contributed by atoms with Crippen molar-refractivity contribution in [3.8, 4) is 0 Å². The summed E-state index contributed by atoms with van der Waals surface area (Å²) in [6, 6.07) is 19.5. The third-order valence-electron chi connectivity index (χ3n) is 5.21. The summed E-state index contributed by atoms with van der Waals surface area (Å²) in [6.45, 7) is 1.31. The summed E-state index contributed by atoms with van der Waals surface area (Å²) in [6.07, 6.45) is 6.24. The predicted octanol–water partition coefficient (Wildman–Crippen LogP) is 6.04. The van der Waals surface area contributed by atoms with Crippen LogP contribution in [0.1, 0.15) is 16.8 Å². The zero-order valence-electron chi connectivity index (χ0n) is 16.6. The third-order valence-corrected chi connectivity index (χ3v) is 6.56. The number of hydrogen-bond acceptors (Lipinski definition) is 4. The minimum atomic E-state index is -0.0578. The fourth-order valence-corrected chi connectivity index (χ4v) is 4.98. The molecule has 1 amide bonds. The van der Waals surface area contributed by atoms with Crippen LogP contribution in [0.4, 0.5) is 5.13 Å². The fraction of sp³-hybridized carbons (Fsp3) is 0.125. The van der Waals surface area contributed by atoms with E-state index in [1.54, 1.807) is 17.4 Å². The number of nitrogens with zero attached hydrogens (tertiary/aromatic N) is 4. The van der Waals surface area contributed by atoms with Gasteiger partial charge < -0.3 is 4.57 Å². The number of imidazole rings is 1. The van der Waals surface area contributed by atoms with Crippen LogP contribution in [-0.4, -0.2) is 27.0 Å². The number of halogens is 1. The van der Waals surface area contributed by atoms with Gasteiger partial charge in [0, 0.05) is 31.0 Å². The van der Waals surface area contributed by atoms with Crippen molar-refractivity contribution in [1.29, 1.82) is 0 Å². The lowest BCUT2D eigenvalue weighted by atomic mass is 10.0. The number of fused-ring (bicyclic) bond motifs is 2. The van der Waals surface area contributed by atoms with Crippen molar-refractivity contribution < 1.29 is 4.79 Å². The lowest BCUT2D eigenvalue weighted by Gasteiger charge is -2.21. The smallest absolute Gasteiger partial charge is 0.260 e. The van der Waals surface area contributed by atoms with Gasteiger partial charge in [0.15, 0.2) is 5.13 Å². The first-order valence-electron chi connectivity index (χ1n) is 10.0. The molecule has 0 saturated carbocycles. The van der Waals surface area contributed by atoms with E-state index in [4.69, 9.17) is 16.6 Å². The predicted molar refractivity (Wildman–Crippen MR) is 127 cm³/mol. The Morgan fingerprint density at radius 2 is 1.90 bits per heavy atom. The van der Waals surface area contributed by atoms with E-state index in [-0.39, 0.29) is 5.91 Å². The van der Waals surface area contributed by atoms with Crippen LogP contribution < -0.4 is 4.90 Å². The standard InChI is InChI=1S/C24H19ClN4OS/c25-20-10-4-11-21-22(20)27-24(31-21)29(14-5-13-28-15-12-26-16-28)23(30)19-9-3-7-17-6-1-2-8-18(17)19/h1-4,6-12,15-16H,5,13-14H2. The van der Waals surface area contributed by atoms with E-state index < -0.39 is 0 Å². The van der Waals surface area contributed by atoms with Gasteiger partial charge in [-0.25, -0.2) is 9.97 Å². The highest BCUT2D eigenvalue weighted by Crippen LogP contribution is 2.34. The molecule has 5 nitrogen and oxygen atoms in total.